The number of aromatic nitrogens is 1. The van der Waals surface area contributed by atoms with Gasteiger partial charge in [0.15, 0.2) is 0 Å². The molecule has 3 heteroatoms. The van der Waals surface area contributed by atoms with Gasteiger partial charge >= 0.3 is 0 Å². The van der Waals surface area contributed by atoms with E-state index in [1.165, 1.54) is 0 Å². The molecule has 0 saturated heterocycles. The van der Waals surface area contributed by atoms with Gasteiger partial charge in [-0.25, -0.2) is 4.98 Å². The molecule has 0 bridgehead atoms. The maximum absolute atomic E-state index is 5.63. The van der Waals surface area contributed by atoms with E-state index in [9.17, 15) is 0 Å². The number of rotatable bonds is 2. The molecule has 0 spiro atoms. The van der Waals surface area contributed by atoms with Crippen molar-refractivity contribution in [2.75, 3.05) is 17.6 Å². The summed E-state index contributed by atoms with van der Waals surface area (Å²) in [4.78, 5) is 4.24. The fraction of sp³-hybridized carbons (Fsp3) is 0.300. The predicted molar refractivity (Wildman–Crippen MR) is 55.3 cm³/mol. The highest BCUT2D eigenvalue weighted by atomic mass is 15.0. The quantitative estimate of drug-likeness (QED) is 0.668. The molecule has 0 amide bonds. The maximum atomic E-state index is 5.63. The first-order chi connectivity index (χ1) is 6.24. The van der Waals surface area contributed by atoms with E-state index in [0.29, 0.717) is 12.2 Å². The van der Waals surface area contributed by atoms with Crippen molar-refractivity contribution in [2.45, 2.75) is 13.8 Å². The van der Waals surface area contributed by atoms with Crippen LogP contribution in [0.3, 0.4) is 0 Å². The van der Waals surface area contributed by atoms with Crippen molar-refractivity contribution >= 4 is 11.5 Å². The highest BCUT2D eigenvalue weighted by molar-refractivity contribution is 5.49. The summed E-state index contributed by atoms with van der Waals surface area (Å²) < 4.78 is 0. The Bertz CT molecular complexity index is 347. The Hall–Kier alpha value is -1.69. The molecule has 1 aromatic rings. The third kappa shape index (κ3) is 2.68. The lowest BCUT2D eigenvalue weighted by molar-refractivity contribution is 1.17. The number of hydrogen-bond donors (Lipinski definition) is 2. The van der Waals surface area contributed by atoms with Gasteiger partial charge in [0.1, 0.15) is 5.82 Å². The smallest absolute Gasteiger partial charge is 0.127 e. The van der Waals surface area contributed by atoms with Crippen LogP contribution in [0.5, 0.6) is 0 Å². The molecule has 0 aliphatic rings. The second-order valence-corrected chi connectivity index (χ2v) is 2.65. The van der Waals surface area contributed by atoms with Crippen molar-refractivity contribution in [1.29, 1.82) is 0 Å². The van der Waals surface area contributed by atoms with Crippen molar-refractivity contribution in [3.05, 3.63) is 17.8 Å². The summed E-state index contributed by atoms with van der Waals surface area (Å²) in [6.07, 6.45) is 0. The van der Waals surface area contributed by atoms with Crippen molar-refractivity contribution in [1.82, 2.24) is 4.98 Å². The molecule has 0 aliphatic heterocycles. The van der Waals surface area contributed by atoms with Gasteiger partial charge in [0.25, 0.3) is 0 Å². The zero-order valence-corrected chi connectivity index (χ0v) is 7.89. The Kier molecular flexibility index (Phi) is 3.15. The molecule has 0 radical (unpaired) electrons. The van der Waals surface area contributed by atoms with Crippen LogP contribution in [0.4, 0.5) is 11.5 Å². The van der Waals surface area contributed by atoms with Crippen LogP contribution in [0, 0.1) is 18.8 Å². The molecule has 3 N–H and O–H groups in total. The Morgan fingerprint density at radius 3 is 2.92 bits per heavy atom. The van der Waals surface area contributed by atoms with E-state index < -0.39 is 0 Å². The van der Waals surface area contributed by atoms with E-state index in [1.54, 1.807) is 0 Å². The van der Waals surface area contributed by atoms with E-state index in [-0.39, 0.29) is 0 Å². The third-order valence-corrected chi connectivity index (χ3v) is 1.66. The van der Waals surface area contributed by atoms with Gasteiger partial charge in [0, 0.05) is 0 Å². The van der Waals surface area contributed by atoms with Crippen LogP contribution in [-0.4, -0.2) is 11.5 Å². The molecule has 0 aliphatic carbocycles. The highest BCUT2D eigenvalue weighted by Crippen LogP contribution is 2.10. The largest absolute Gasteiger partial charge is 0.397 e. The fourth-order valence-corrected chi connectivity index (χ4v) is 0.893. The second-order valence-electron chi connectivity index (χ2n) is 2.65. The van der Waals surface area contributed by atoms with Gasteiger partial charge < -0.3 is 11.1 Å². The molecule has 1 heterocycles. The minimum Gasteiger partial charge on any atom is -0.397 e. The number of nitrogens with zero attached hydrogens (tertiary/aromatic N) is 1. The van der Waals surface area contributed by atoms with E-state index in [4.69, 9.17) is 5.73 Å². The van der Waals surface area contributed by atoms with E-state index in [0.717, 1.165) is 11.5 Å². The standard InChI is InChI=1S/C10H13N3/c1-3-4-7-12-10-6-5-9(11)8(2)13-10/h5-6H,7,11H2,1-2H3,(H,12,13). The average Bonchev–Trinajstić information content (AvgIpc) is 2.12. The fourth-order valence-electron chi connectivity index (χ4n) is 0.893. The SMILES string of the molecule is CC#CCNc1ccc(N)c(C)n1. The minimum absolute atomic E-state index is 0.618. The second kappa shape index (κ2) is 4.36. The number of hydrogen-bond acceptors (Lipinski definition) is 3. The van der Waals surface area contributed by atoms with Gasteiger partial charge in [0.05, 0.1) is 17.9 Å². The van der Waals surface area contributed by atoms with Crippen LogP contribution in [0.25, 0.3) is 0 Å². The van der Waals surface area contributed by atoms with Crippen molar-refractivity contribution in [3.8, 4) is 11.8 Å². The molecule has 0 unspecified atom stereocenters. The van der Waals surface area contributed by atoms with Gasteiger partial charge in [-0.05, 0) is 26.0 Å². The first kappa shape index (κ1) is 9.40. The van der Waals surface area contributed by atoms with Crippen LogP contribution < -0.4 is 11.1 Å². The summed E-state index contributed by atoms with van der Waals surface area (Å²) in [5.74, 6) is 6.51. The van der Waals surface area contributed by atoms with Crippen LogP contribution >= 0.6 is 0 Å². The molecule has 68 valence electrons. The average molecular weight is 175 g/mol. The number of nitrogens with two attached hydrogens (primary N) is 1. The summed E-state index contributed by atoms with van der Waals surface area (Å²) >= 11 is 0. The third-order valence-electron chi connectivity index (χ3n) is 1.66. The summed E-state index contributed by atoms with van der Waals surface area (Å²) in [6, 6.07) is 3.68. The Labute approximate surface area is 78.4 Å². The minimum atomic E-state index is 0.618. The van der Waals surface area contributed by atoms with E-state index >= 15 is 0 Å². The van der Waals surface area contributed by atoms with Gasteiger partial charge in [0.2, 0.25) is 0 Å². The Balaban J connectivity index is 2.66. The number of nitrogen functional groups attached to an aromatic ring is 1. The molecule has 1 aromatic heterocycles. The summed E-state index contributed by atoms with van der Waals surface area (Å²) in [5, 5.41) is 3.07. The van der Waals surface area contributed by atoms with Crippen molar-refractivity contribution < 1.29 is 0 Å². The normalized spacial score (nSPS) is 8.77. The summed E-state index contributed by atoms with van der Waals surface area (Å²) in [6.45, 7) is 4.31. The number of pyridine rings is 1. The van der Waals surface area contributed by atoms with Gasteiger partial charge in [-0.1, -0.05) is 5.92 Å². The van der Waals surface area contributed by atoms with Crippen molar-refractivity contribution in [2.24, 2.45) is 0 Å². The number of anilines is 2. The van der Waals surface area contributed by atoms with Crippen LogP contribution in [0.2, 0.25) is 0 Å². The molecule has 0 fully saturated rings. The van der Waals surface area contributed by atoms with Crippen LogP contribution in [-0.2, 0) is 0 Å². The molecule has 0 atom stereocenters. The zero-order chi connectivity index (χ0) is 9.68. The van der Waals surface area contributed by atoms with E-state index in [1.807, 2.05) is 26.0 Å². The van der Waals surface area contributed by atoms with Gasteiger partial charge in [-0.2, -0.15) is 0 Å². The Morgan fingerprint density at radius 1 is 1.54 bits per heavy atom. The summed E-state index contributed by atoms with van der Waals surface area (Å²) in [7, 11) is 0. The van der Waals surface area contributed by atoms with Gasteiger partial charge in [-0.3, -0.25) is 0 Å². The number of aryl methyl sites for hydroxylation is 1. The van der Waals surface area contributed by atoms with Gasteiger partial charge in [-0.15, -0.1) is 5.92 Å². The lowest BCUT2D eigenvalue weighted by Gasteiger charge is -2.03. The van der Waals surface area contributed by atoms with E-state index in [2.05, 4.69) is 22.1 Å². The molecule has 0 saturated carbocycles. The van der Waals surface area contributed by atoms with Crippen LogP contribution in [0.15, 0.2) is 12.1 Å². The van der Waals surface area contributed by atoms with Crippen molar-refractivity contribution in [3.63, 3.8) is 0 Å². The van der Waals surface area contributed by atoms with Crippen LogP contribution in [0.1, 0.15) is 12.6 Å². The topological polar surface area (TPSA) is 50.9 Å². The predicted octanol–water partition coefficient (Wildman–Crippen LogP) is 1.41. The first-order valence-corrected chi connectivity index (χ1v) is 4.10. The number of nitrogens with one attached hydrogen (secondary N) is 1. The first-order valence-electron chi connectivity index (χ1n) is 4.10. The maximum Gasteiger partial charge on any atom is 0.127 e. The molecular formula is C10H13N3. The molecule has 0 aromatic carbocycles. The highest BCUT2D eigenvalue weighted by Gasteiger charge is 1.95. The molecule has 1 rings (SSSR count). The molecular weight excluding hydrogens is 162 g/mol. The molecule has 3 nitrogen and oxygen atoms in total. The zero-order valence-electron chi connectivity index (χ0n) is 7.89. The summed E-state index contributed by atoms with van der Waals surface area (Å²) in [5.41, 5.74) is 7.18. The Morgan fingerprint density at radius 2 is 2.31 bits per heavy atom. The lowest BCUT2D eigenvalue weighted by atomic mass is 10.3. The molecule has 13 heavy (non-hydrogen) atoms. The monoisotopic (exact) mass is 175 g/mol. The lowest BCUT2D eigenvalue weighted by Crippen LogP contribution is -2.02.